The molecule has 0 bridgehead atoms. The standard InChI is InChI=1S/C16H24/c1-12-10-13(2)16(14(3)11-12)9-8-15-6-4-5-7-15/h10-11,15H,4-9H2,1-3H3. The van der Waals surface area contributed by atoms with Gasteiger partial charge in [0.25, 0.3) is 0 Å². The summed E-state index contributed by atoms with van der Waals surface area (Å²) >= 11 is 0. The summed E-state index contributed by atoms with van der Waals surface area (Å²) in [7, 11) is 0. The summed E-state index contributed by atoms with van der Waals surface area (Å²) in [6, 6.07) is 4.66. The van der Waals surface area contributed by atoms with E-state index in [9.17, 15) is 0 Å². The van der Waals surface area contributed by atoms with Crippen LogP contribution in [0.3, 0.4) is 0 Å². The predicted molar refractivity (Wildman–Crippen MR) is 70.9 cm³/mol. The Morgan fingerprint density at radius 1 is 1.00 bits per heavy atom. The van der Waals surface area contributed by atoms with Crippen molar-refractivity contribution in [1.29, 1.82) is 0 Å². The maximum atomic E-state index is 2.33. The van der Waals surface area contributed by atoms with Gasteiger partial charge < -0.3 is 0 Å². The summed E-state index contributed by atoms with van der Waals surface area (Å²) in [5.74, 6) is 1.01. The molecule has 0 aromatic heterocycles. The molecule has 0 amide bonds. The molecule has 1 aliphatic rings. The fraction of sp³-hybridized carbons (Fsp3) is 0.625. The van der Waals surface area contributed by atoms with E-state index in [2.05, 4.69) is 32.9 Å². The first-order chi connectivity index (χ1) is 7.66. The molecule has 1 aromatic rings. The van der Waals surface area contributed by atoms with Crippen LogP contribution in [0, 0.1) is 26.7 Å². The van der Waals surface area contributed by atoms with Crippen molar-refractivity contribution in [2.24, 2.45) is 5.92 Å². The van der Waals surface area contributed by atoms with E-state index in [1.807, 2.05) is 0 Å². The molecule has 0 unspecified atom stereocenters. The van der Waals surface area contributed by atoms with Crippen molar-refractivity contribution < 1.29 is 0 Å². The molecule has 0 nitrogen and oxygen atoms in total. The molecule has 0 heterocycles. The first kappa shape index (κ1) is 11.7. The molecule has 16 heavy (non-hydrogen) atoms. The fourth-order valence-corrected chi connectivity index (χ4v) is 3.25. The molecule has 1 saturated carbocycles. The topological polar surface area (TPSA) is 0 Å². The fourth-order valence-electron chi connectivity index (χ4n) is 3.25. The van der Waals surface area contributed by atoms with Crippen LogP contribution >= 0.6 is 0 Å². The van der Waals surface area contributed by atoms with Gasteiger partial charge in [-0.05, 0) is 56.2 Å². The van der Waals surface area contributed by atoms with E-state index >= 15 is 0 Å². The average molecular weight is 216 g/mol. The van der Waals surface area contributed by atoms with E-state index in [4.69, 9.17) is 0 Å². The lowest BCUT2D eigenvalue weighted by Crippen LogP contribution is -2.00. The number of rotatable bonds is 3. The number of hydrogen-bond donors (Lipinski definition) is 0. The SMILES string of the molecule is Cc1cc(C)c(CCC2CCCC2)c(C)c1. The lowest BCUT2D eigenvalue weighted by Gasteiger charge is -2.14. The van der Waals surface area contributed by atoms with Crippen molar-refractivity contribution in [2.45, 2.75) is 59.3 Å². The summed E-state index contributed by atoms with van der Waals surface area (Å²) in [6.07, 6.45) is 8.59. The van der Waals surface area contributed by atoms with Crippen molar-refractivity contribution in [2.75, 3.05) is 0 Å². The second-order valence-electron chi connectivity index (χ2n) is 5.57. The quantitative estimate of drug-likeness (QED) is 0.685. The summed E-state index contributed by atoms with van der Waals surface area (Å²) in [5.41, 5.74) is 6.00. The molecule has 0 spiro atoms. The minimum Gasteiger partial charge on any atom is -0.0561 e. The summed E-state index contributed by atoms with van der Waals surface area (Å²) in [6.45, 7) is 6.73. The highest BCUT2D eigenvalue weighted by molar-refractivity contribution is 5.37. The van der Waals surface area contributed by atoms with Gasteiger partial charge in [-0.25, -0.2) is 0 Å². The molecule has 0 atom stereocenters. The molecular formula is C16H24. The van der Waals surface area contributed by atoms with Crippen LogP contribution in [0.4, 0.5) is 0 Å². The predicted octanol–water partition coefficient (Wildman–Crippen LogP) is 4.73. The Balaban J connectivity index is 2.03. The summed E-state index contributed by atoms with van der Waals surface area (Å²) in [4.78, 5) is 0. The van der Waals surface area contributed by atoms with Crippen molar-refractivity contribution >= 4 is 0 Å². The molecule has 0 aliphatic heterocycles. The van der Waals surface area contributed by atoms with Crippen LogP contribution in [0.25, 0.3) is 0 Å². The Labute approximate surface area is 100 Å². The minimum atomic E-state index is 1.01. The second kappa shape index (κ2) is 5.03. The maximum Gasteiger partial charge on any atom is -0.0271 e. The van der Waals surface area contributed by atoms with Gasteiger partial charge in [-0.1, -0.05) is 43.4 Å². The Morgan fingerprint density at radius 3 is 2.12 bits per heavy atom. The Kier molecular flexibility index (Phi) is 3.68. The van der Waals surface area contributed by atoms with Gasteiger partial charge >= 0.3 is 0 Å². The first-order valence-corrected chi connectivity index (χ1v) is 6.73. The molecule has 0 heteroatoms. The maximum absolute atomic E-state index is 2.33. The van der Waals surface area contributed by atoms with Crippen LogP contribution in [0.5, 0.6) is 0 Å². The van der Waals surface area contributed by atoms with E-state index in [1.54, 1.807) is 5.56 Å². The van der Waals surface area contributed by atoms with Gasteiger partial charge in [0.1, 0.15) is 0 Å². The summed E-state index contributed by atoms with van der Waals surface area (Å²) < 4.78 is 0. The van der Waals surface area contributed by atoms with E-state index in [-0.39, 0.29) is 0 Å². The minimum absolute atomic E-state index is 1.01. The highest BCUT2D eigenvalue weighted by atomic mass is 14.2. The largest absolute Gasteiger partial charge is 0.0561 e. The van der Waals surface area contributed by atoms with Gasteiger partial charge in [-0.2, -0.15) is 0 Å². The Hall–Kier alpha value is -0.780. The van der Waals surface area contributed by atoms with Gasteiger partial charge in [0.05, 0.1) is 0 Å². The third-order valence-electron chi connectivity index (χ3n) is 4.12. The highest BCUT2D eigenvalue weighted by Crippen LogP contribution is 2.29. The zero-order valence-electron chi connectivity index (χ0n) is 11.0. The van der Waals surface area contributed by atoms with Crippen LogP contribution < -0.4 is 0 Å². The molecule has 0 saturated heterocycles. The van der Waals surface area contributed by atoms with Crippen molar-refractivity contribution in [3.63, 3.8) is 0 Å². The highest BCUT2D eigenvalue weighted by Gasteiger charge is 2.15. The lowest BCUT2D eigenvalue weighted by atomic mass is 9.92. The first-order valence-electron chi connectivity index (χ1n) is 6.73. The van der Waals surface area contributed by atoms with Crippen molar-refractivity contribution in [3.8, 4) is 0 Å². The Morgan fingerprint density at radius 2 is 1.56 bits per heavy atom. The zero-order chi connectivity index (χ0) is 11.5. The molecule has 1 aromatic carbocycles. The molecule has 1 aliphatic carbocycles. The van der Waals surface area contributed by atoms with Crippen LogP contribution in [0.2, 0.25) is 0 Å². The molecule has 2 rings (SSSR count). The average Bonchev–Trinajstić information content (AvgIpc) is 2.68. The van der Waals surface area contributed by atoms with E-state index in [0.29, 0.717) is 0 Å². The van der Waals surface area contributed by atoms with Gasteiger partial charge in [0.2, 0.25) is 0 Å². The van der Waals surface area contributed by atoms with Gasteiger partial charge in [0.15, 0.2) is 0 Å². The third-order valence-corrected chi connectivity index (χ3v) is 4.12. The van der Waals surface area contributed by atoms with Crippen molar-refractivity contribution in [3.05, 3.63) is 34.4 Å². The third kappa shape index (κ3) is 2.66. The molecular weight excluding hydrogens is 192 g/mol. The van der Waals surface area contributed by atoms with E-state index in [0.717, 1.165) is 5.92 Å². The Bertz CT molecular complexity index is 333. The molecule has 1 fully saturated rings. The van der Waals surface area contributed by atoms with Gasteiger partial charge in [0, 0.05) is 0 Å². The molecule has 88 valence electrons. The van der Waals surface area contributed by atoms with Crippen LogP contribution in [0.1, 0.15) is 54.4 Å². The van der Waals surface area contributed by atoms with E-state index < -0.39 is 0 Å². The monoisotopic (exact) mass is 216 g/mol. The van der Waals surface area contributed by atoms with Crippen LogP contribution in [-0.4, -0.2) is 0 Å². The number of benzene rings is 1. The lowest BCUT2D eigenvalue weighted by molar-refractivity contribution is 0.503. The normalized spacial score (nSPS) is 16.9. The smallest absolute Gasteiger partial charge is 0.0271 e. The van der Waals surface area contributed by atoms with E-state index in [1.165, 1.54) is 55.2 Å². The van der Waals surface area contributed by atoms with Gasteiger partial charge in [-0.3, -0.25) is 0 Å². The number of aryl methyl sites for hydroxylation is 3. The molecule has 0 N–H and O–H groups in total. The zero-order valence-corrected chi connectivity index (χ0v) is 11.0. The number of hydrogen-bond acceptors (Lipinski definition) is 0. The van der Waals surface area contributed by atoms with Gasteiger partial charge in [-0.15, -0.1) is 0 Å². The summed E-state index contributed by atoms with van der Waals surface area (Å²) in [5, 5.41) is 0. The van der Waals surface area contributed by atoms with Crippen LogP contribution in [0.15, 0.2) is 12.1 Å². The van der Waals surface area contributed by atoms with Crippen molar-refractivity contribution in [1.82, 2.24) is 0 Å². The molecule has 0 radical (unpaired) electrons. The second-order valence-corrected chi connectivity index (χ2v) is 5.57. The van der Waals surface area contributed by atoms with Crippen LogP contribution in [-0.2, 0) is 6.42 Å².